The molecule has 0 radical (unpaired) electrons. The van der Waals surface area contributed by atoms with Crippen molar-refractivity contribution in [2.45, 2.75) is 12.8 Å². The number of nitrogen functional groups attached to an aromatic ring is 1. The second-order valence-electron chi connectivity index (χ2n) is 5.28. The van der Waals surface area contributed by atoms with Gasteiger partial charge in [-0.05, 0) is 44.1 Å². The maximum atomic E-state index is 5.84. The van der Waals surface area contributed by atoms with Gasteiger partial charge in [0.1, 0.15) is 12.4 Å². The maximum absolute atomic E-state index is 5.84. The Labute approximate surface area is 127 Å². The number of hydrogen-bond acceptors (Lipinski definition) is 3. The fourth-order valence-electron chi connectivity index (χ4n) is 2.23. The van der Waals surface area contributed by atoms with Crippen LogP contribution in [-0.4, -0.2) is 31.6 Å². The Hall–Kier alpha value is -2.00. The van der Waals surface area contributed by atoms with Crippen LogP contribution in [-0.2, 0) is 6.42 Å². The number of nitrogens with zero attached hydrogens (tertiary/aromatic N) is 1. The van der Waals surface area contributed by atoms with Crippen LogP contribution in [0.1, 0.15) is 12.0 Å². The van der Waals surface area contributed by atoms with E-state index < -0.39 is 0 Å². The Kier molecular flexibility index (Phi) is 6.10. The van der Waals surface area contributed by atoms with Crippen LogP contribution in [0, 0.1) is 0 Å². The fraction of sp³-hybridized carbons (Fsp3) is 0.333. The molecule has 0 fully saturated rings. The van der Waals surface area contributed by atoms with E-state index in [9.17, 15) is 0 Å². The summed E-state index contributed by atoms with van der Waals surface area (Å²) in [6, 6.07) is 18.2. The number of para-hydroxylation sites is 2. The van der Waals surface area contributed by atoms with Gasteiger partial charge in [0.25, 0.3) is 0 Å². The third kappa shape index (κ3) is 5.48. The highest BCUT2D eigenvalue weighted by Gasteiger charge is 2.01. The highest BCUT2D eigenvalue weighted by atomic mass is 16.5. The van der Waals surface area contributed by atoms with Crippen molar-refractivity contribution in [2.75, 3.05) is 32.5 Å². The zero-order chi connectivity index (χ0) is 14.9. The normalized spacial score (nSPS) is 10.8. The molecule has 0 amide bonds. The summed E-state index contributed by atoms with van der Waals surface area (Å²) in [4.78, 5) is 2.29. The van der Waals surface area contributed by atoms with Gasteiger partial charge in [-0.1, -0.05) is 42.5 Å². The fourth-order valence-corrected chi connectivity index (χ4v) is 2.23. The van der Waals surface area contributed by atoms with E-state index in [1.807, 2.05) is 24.3 Å². The number of benzene rings is 2. The SMILES string of the molecule is CN(CCCc1ccccc1)CCOc1ccccc1N. The molecule has 0 saturated heterocycles. The van der Waals surface area contributed by atoms with Crippen molar-refractivity contribution in [2.24, 2.45) is 0 Å². The van der Waals surface area contributed by atoms with Crippen LogP contribution in [0.5, 0.6) is 5.75 Å². The molecule has 0 aliphatic heterocycles. The quantitative estimate of drug-likeness (QED) is 0.756. The first kappa shape index (κ1) is 15.4. The van der Waals surface area contributed by atoms with Gasteiger partial charge in [0, 0.05) is 6.54 Å². The van der Waals surface area contributed by atoms with E-state index in [0.717, 1.165) is 31.7 Å². The van der Waals surface area contributed by atoms with Crippen LogP contribution in [0.2, 0.25) is 0 Å². The maximum Gasteiger partial charge on any atom is 0.142 e. The zero-order valence-corrected chi connectivity index (χ0v) is 12.7. The standard InChI is InChI=1S/C18H24N2O/c1-20(13-7-10-16-8-3-2-4-9-16)14-15-21-18-12-6-5-11-17(18)19/h2-6,8-9,11-12H,7,10,13-15,19H2,1H3. The van der Waals surface area contributed by atoms with Crippen LogP contribution >= 0.6 is 0 Å². The Morgan fingerprint density at radius 2 is 1.67 bits per heavy atom. The molecule has 0 heterocycles. The number of anilines is 1. The number of ether oxygens (including phenoxy) is 1. The predicted molar refractivity (Wildman–Crippen MR) is 88.6 cm³/mol. The zero-order valence-electron chi connectivity index (χ0n) is 12.7. The molecule has 2 aromatic rings. The molecule has 0 atom stereocenters. The van der Waals surface area contributed by atoms with Crippen molar-refractivity contribution in [3.05, 3.63) is 60.2 Å². The van der Waals surface area contributed by atoms with Crippen LogP contribution in [0.25, 0.3) is 0 Å². The topological polar surface area (TPSA) is 38.5 Å². The van der Waals surface area contributed by atoms with Gasteiger partial charge in [-0.15, -0.1) is 0 Å². The molecule has 2 N–H and O–H groups in total. The van der Waals surface area contributed by atoms with Crippen LogP contribution in [0.4, 0.5) is 5.69 Å². The molecular weight excluding hydrogens is 260 g/mol. The molecule has 3 heteroatoms. The largest absolute Gasteiger partial charge is 0.490 e. The molecule has 0 saturated carbocycles. The van der Waals surface area contributed by atoms with Crippen LogP contribution < -0.4 is 10.5 Å². The summed E-state index contributed by atoms with van der Waals surface area (Å²) < 4.78 is 5.71. The van der Waals surface area contributed by atoms with Crippen LogP contribution in [0.3, 0.4) is 0 Å². The van der Waals surface area contributed by atoms with Crippen LogP contribution in [0.15, 0.2) is 54.6 Å². The second kappa shape index (κ2) is 8.32. The third-order valence-corrected chi connectivity index (χ3v) is 3.50. The summed E-state index contributed by atoms with van der Waals surface area (Å²) in [5, 5.41) is 0. The van der Waals surface area contributed by atoms with E-state index in [1.54, 1.807) is 0 Å². The smallest absolute Gasteiger partial charge is 0.142 e. The summed E-state index contributed by atoms with van der Waals surface area (Å²) in [7, 11) is 2.13. The summed E-state index contributed by atoms with van der Waals surface area (Å²) in [5.41, 5.74) is 7.94. The Morgan fingerprint density at radius 1 is 0.952 bits per heavy atom. The first-order valence-corrected chi connectivity index (χ1v) is 7.45. The minimum absolute atomic E-state index is 0.663. The van der Waals surface area contributed by atoms with Gasteiger partial charge in [0.05, 0.1) is 5.69 Å². The van der Waals surface area contributed by atoms with Crippen molar-refractivity contribution in [1.82, 2.24) is 4.90 Å². The lowest BCUT2D eigenvalue weighted by Crippen LogP contribution is -2.25. The average molecular weight is 284 g/mol. The summed E-state index contributed by atoms with van der Waals surface area (Å²) in [6.45, 7) is 2.64. The molecule has 0 aromatic heterocycles. The Bertz CT molecular complexity index is 528. The summed E-state index contributed by atoms with van der Waals surface area (Å²) >= 11 is 0. The van der Waals surface area contributed by atoms with Crippen molar-refractivity contribution in [3.8, 4) is 5.75 Å². The minimum atomic E-state index is 0.663. The summed E-state index contributed by atoms with van der Waals surface area (Å²) in [6.07, 6.45) is 2.28. The number of likely N-dealkylation sites (N-methyl/N-ethyl adjacent to an activating group) is 1. The first-order valence-electron chi connectivity index (χ1n) is 7.45. The van der Waals surface area contributed by atoms with E-state index in [4.69, 9.17) is 10.5 Å². The highest BCUT2D eigenvalue weighted by Crippen LogP contribution is 2.19. The minimum Gasteiger partial charge on any atom is -0.490 e. The van der Waals surface area contributed by atoms with Gasteiger partial charge in [-0.2, -0.15) is 0 Å². The van der Waals surface area contributed by atoms with Gasteiger partial charge >= 0.3 is 0 Å². The van der Waals surface area contributed by atoms with Gasteiger partial charge in [-0.25, -0.2) is 0 Å². The van der Waals surface area contributed by atoms with Gasteiger partial charge < -0.3 is 15.4 Å². The Morgan fingerprint density at radius 3 is 2.43 bits per heavy atom. The number of nitrogens with two attached hydrogens (primary N) is 1. The lowest BCUT2D eigenvalue weighted by molar-refractivity contribution is 0.237. The third-order valence-electron chi connectivity index (χ3n) is 3.50. The average Bonchev–Trinajstić information content (AvgIpc) is 2.50. The molecule has 0 spiro atoms. The molecule has 112 valence electrons. The Balaban J connectivity index is 1.62. The lowest BCUT2D eigenvalue weighted by Gasteiger charge is -2.17. The van der Waals surface area contributed by atoms with Crippen molar-refractivity contribution < 1.29 is 4.74 Å². The molecule has 21 heavy (non-hydrogen) atoms. The summed E-state index contributed by atoms with van der Waals surface area (Å²) in [5.74, 6) is 0.773. The molecule has 2 aromatic carbocycles. The van der Waals surface area contributed by atoms with E-state index >= 15 is 0 Å². The molecule has 0 aliphatic carbocycles. The van der Waals surface area contributed by atoms with E-state index in [0.29, 0.717) is 12.3 Å². The van der Waals surface area contributed by atoms with E-state index in [1.165, 1.54) is 5.56 Å². The first-order chi connectivity index (χ1) is 10.3. The van der Waals surface area contributed by atoms with Gasteiger partial charge in [0.2, 0.25) is 0 Å². The highest BCUT2D eigenvalue weighted by molar-refractivity contribution is 5.51. The molecule has 0 unspecified atom stereocenters. The van der Waals surface area contributed by atoms with Crippen molar-refractivity contribution in [1.29, 1.82) is 0 Å². The predicted octanol–water partition coefficient (Wildman–Crippen LogP) is 3.21. The number of aryl methyl sites for hydroxylation is 1. The molecule has 0 aliphatic rings. The lowest BCUT2D eigenvalue weighted by atomic mass is 10.1. The van der Waals surface area contributed by atoms with E-state index in [-0.39, 0.29) is 0 Å². The van der Waals surface area contributed by atoms with E-state index in [2.05, 4.69) is 42.3 Å². The number of hydrogen-bond donors (Lipinski definition) is 1. The monoisotopic (exact) mass is 284 g/mol. The molecule has 2 rings (SSSR count). The van der Waals surface area contributed by atoms with Crippen molar-refractivity contribution in [3.63, 3.8) is 0 Å². The van der Waals surface area contributed by atoms with Crippen molar-refractivity contribution >= 4 is 5.69 Å². The van der Waals surface area contributed by atoms with Gasteiger partial charge in [0.15, 0.2) is 0 Å². The second-order valence-corrected chi connectivity index (χ2v) is 5.28. The van der Waals surface area contributed by atoms with Gasteiger partial charge in [-0.3, -0.25) is 0 Å². The molecule has 0 bridgehead atoms. The number of rotatable bonds is 8. The molecule has 3 nitrogen and oxygen atoms in total. The molecular formula is C18H24N2O.